The van der Waals surface area contributed by atoms with Gasteiger partial charge in [-0.05, 0) is 55.2 Å². The second-order valence-electron chi connectivity index (χ2n) is 8.29. The molecule has 2 aromatic carbocycles. The van der Waals surface area contributed by atoms with E-state index in [-0.39, 0.29) is 12.2 Å². The Morgan fingerprint density at radius 3 is 2.09 bits per heavy atom. The van der Waals surface area contributed by atoms with E-state index in [1.165, 1.54) is 37.7 Å². The van der Waals surface area contributed by atoms with Crippen LogP contribution in [0.5, 0.6) is 5.75 Å². The summed E-state index contributed by atoms with van der Waals surface area (Å²) in [6.07, 6.45) is 6.73. The number of nitrogens with zero attached hydrogens (tertiary/aromatic N) is 2. The first-order valence-electron chi connectivity index (χ1n) is 11.2. The minimum atomic E-state index is -0.857. The van der Waals surface area contributed by atoms with Crippen molar-refractivity contribution in [3.63, 3.8) is 0 Å². The maximum atomic E-state index is 12.1. The highest BCUT2D eigenvalue weighted by molar-refractivity contribution is 5.91. The van der Waals surface area contributed by atoms with E-state index in [9.17, 15) is 25.0 Å². The summed E-state index contributed by atoms with van der Waals surface area (Å²) in [6.45, 7) is 2.61. The molecule has 9 heteroatoms. The third-order valence-corrected chi connectivity index (χ3v) is 6.13. The number of carbonyl (C=O) groups excluding carboxylic acids is 1. The molecule has 2 aromatic rings. The number of rotatable bonds is 10. The van der Waals surface area contributed by atoms with Crippen LogP contribution >= 0.6 is 0 Å². The van der Waals surface area contributed by atoms with Gasteiger partial charge in [-0.15, -0.1) is 0 Å². The van der Waals surface area contributed by atoms with Gasteiger partial charge in [0.2, 0.25) is 0 Å². The number of benzene rings is 2. The maximum Gasteiger partial charge on any atom is 0.338 e. The fourth-order valence-corrected chi connectivity index (χ4v) is 4.16. The average Bonchev–Trinajstić information content (AvgIpc) is 2.83. The number of esters is 1. The number of hydrogen-bond acceptors (Lipinski definition) is 7. The third kappa shape index (κ3) is 6.74. The van der Waals surface area contributed by atoms with Gasteiger partial charge in [0.05, 0.1) is 34.7 Å². The first kappa shape index (κ1) is 24.2. The van der Waals surface area contributed by atoms with Crippen molar-refractivity contribution in [2.75, 3.05) is 13.2 Å². The van der Waals surface area contributed by atoms with Crippen LogP contribution in [0.1, 0.15) is 67.3 Å². The number of carbonyl (C=O) groups is 1. The van der Waals surface area contributed by atoms with E-state index in [1.807, 2.05) is 12.1 Å². The van der Waals surface area contributed by atoms with Gasteiger partial charge in [-0.3, -0.25) is 20.2 Å². The van der Waals surface area contributed by atoms with Crippen molar-refractivity contribution in [3.05, 3.63) is 73.8 Å². The Morgan fingerprint density at radius 1 is 0.939 bits per heavy atom. The van der Waals surface area contributed by atoms with Crippen LogP contribution in [0.3, 0.4) is 0 Å². The van der Waals surface area contributed by atoms with Gasteiger partial charge in [-0.2, -0.15) is 0 Å². The second kappa shape index (κ2) is 11.4. The zero-order valence-corrected chi connectivity index (χ0v) is 18.6. The molecule has 0 bridgehead atoms. The molecule has 0 amide bonds. The molecule has 0 heterocycles. The lowest BCUT2D eigenvalue weighted by atomic mass is 9.78. The van der Waals surface area contributed by atoms with Gasteiger partial charge < -0.3 is 9.47 Å². The molecule has 0 spiro atoms. The predicted molar refractivity (Wildman–Crippen MR) is 122 cm³/mol. The van der Waals surface area contributed by atoms with Crippen LogP contribution < -0.4 is 4.74 Å². The maximum absolute atomic E-state index is 12.1. The fourth-order valence-electron chi connectivity index (χ4n) is 4.16. The third-order valence-electron chi connectivity index (χ3n) is 6.13. The summed E-state index contributed by atoms with van der Waals surface area (Å²) in [6, 6.07) is 10.9. The van der Waals surface area contributed by atoms with E-state index in [2.05, 4.69) is 19.1 Å². The minimum absolute atomic E-state index is 0.0219. The second-order valence-corrected chi connectivity index (χ2v) is 8.29. The van der Waals surface area contributed by atoms with Crippen molar-refractivity contribution >= 4 is 17.3 Å². The van der Waals surface area contributed by atoms with Crippen molar-refractivity contribution in [2.45, 2.75) is 51.4 Å². The zero-order chi connectivity index (χ0) is 23.8. The van der Waals surface area contributed by atoms with Crippen LogP contribution in [0, 0.1) is 26.1 Å². The molecule has 0 aliphatic heterocycles. The SMILES string of the molecule is CCC1CCC(c2ccc(OCCCOC(=O)c3cc([N+](=O)[O-])cc([N+](=O)[O-])c3)cc2)CC1. The Labute approximate surface area is 192 Å². The van der Waals surface area contributed by atoms with E-state index in [0.717, 1.165) is 29.9 Å². The predicted octanol–water partition coefficient (Wildman–Crippen LogP) is 5.81. The molecule has 1 aliphatic carbocycles. The smallest absolute Gasteiger partial charge is 0.338 e. The van der Waals surface area contributed by atoms with E-state index >= 15 is 0 Å². The number of nitro groups is 2. The van der Waals surface area contributed by atoms with Crippen molar-refractivity contribution in [1.82, 2.24) is 0 Å². The summed E-state index contributed by atoms with van der Waals surface area (Å²) in [4.78, 5) is 32.4. The molecule has 0 unspecified atom stereocenters. The van der Waals surface area contributed by atoms with Gasteiger partial charge in [-0.25, -0.2) is 4.79 Å². The largest absolute Gasteiger partial charge is 0.493 e. The summed E-state index contributed by atoms with van der Waals surface area (Å²) >= 11 is 0. The Kier molecular flexibility index (Phi) is 8.34. The molecular weight excluding hydrogens is 428 g/mol. The van der Waals surface area contributed by atoms with Gasteiger partial charge in [0.1, 0.15) is 5.75 Å². The van der Waals surface area contributed by atoms with E-state index in [1.54, 1.807) is 0 Å². The van der Waals surface area contributed by atoms with Crippen LogP contribution in [-0.2, 0) is 4.74 Å². The van der Waals surface area contributed by atoms with Crippen molar-refractivity contribution in [3.8, 4) is 5.75 Å². The molecule has 0 atom stereocenters. The molecule has 1 fully saturated rings. The molecular formula is C24H28N2O7. The van der Waals surface area contributed by atoms with Crippen LogP contribution in [0.4, 0.5) is 11.4 Å². The molecule has 176 valence electrons. The zero-order valence-electron chi connectivity index (χ0n) is 18.6. The monoisotopic (exact) mass is 456 g/mol. The molecule has 1 saturated carbocycles. The number of ether oxygens (including phenoxy) is 2. The molecule has 0 aromatic heterocycles. The highest BCUT2D eigenvalue weighted by Gasteiger charge is 2.22. The van der Waals surface area contributed by atoms with Gasteiger partial charge >= 0.3 is 5.97 Å². The highest BCUT2D eigenvalue weighted by Crippen LogP contribution is 2.37. The number of non-ortho nitro benzene ring substituents is 2. The Balaban J connectivity index is 1.43. The van der Waals surface area contributed by atoms with Crippen LogP contribution in [-0.4, -0.2) is 29.0 Å². The van der Waals surface area contributed by atoms with Crippen molar-refractivity contribution in [1.29, 1.82) is 0 Å². The number of nitro benzene ring substituents is 2. The highest BCUT2D eigenvalue weighted by atomic mass is 16.6. The number of hydrogen-bond donors (Lipinski definition) is 0. The lowest BCUT2D eigenvalue weighted by molar-refractivity contribution is -0.394. The Bertz CT molecular complexity index is 951. The minimum Gasteiger partial charge on any atom is -0.493 e. The fraction of sp³-hybridized carbons (Fsp3) is 0.458. The van der Waals surface area contributed by atoms with Gasteiger partial charge in [0.15, 0.2) is 0 Å². The molecule has 1 aliphatic rings. The quantitative estimate of drug-likeness (QED) is 0.191. The molecule has 0 saturated heterocycles. The lowest BCUT2D eigenvalue weighted by Crippen LogP contribution is -2.12. The van der Waals surface area contributed by atoms with Crippen LogP contribution in [0.2, 0.25) is 0 Å². The van der Waals surface area contributed by atoms with Gasteiger partial charge in [0.25, 0.3) is 11.4 Å². The average molecular weight is 456 g/mol. The molecule has 0 N–H and O–H groups in total. The first-order valence-corrected chi connectivity index (χ1v) is 11.2. The summed E-state index contributed by atoms with van der Waals surface area (Å²) in [5.74, 6) is 1.36. The Morgan fingerprint density at radius 2 is 1.55 bits per heavy atom. The Hall–Kier alpha value is -3.49. The summed E-state index contributed by atoms with van der Waals surface area (Å²) < 4.78 is 10.8. The summed E-state index contributed by atoms with van der Waals surface area (Å²) in [7, 11) is 0. The topological polar surface area (TPSA) is 122 Å². The molecule has 33 heavy (non-hydrogen) atoms. The van der Waals surface area contributed by atoms with Crippen LogP contribution in [0.25, 0.3) is 0 Å². The van der Waals surface area contributed by atoms with E-state index in [0.29, 0.717) is 18.9 Å². The molecule has 3 rings (SSSR count). The summed E-state index contributed by atoms with van der Waals surface area (Å²) in [5.41, 5.74) is 0.0277. The molecule has 9 nitrogen and oxygen atoms in total. The van der Waals surface area contributed by atoms with Crippen LogP contribution in [0.15, 0.2) is 42.5 Å². The summed E-state index contributed by atoms with van der Waals surface area (Å²) in [5, 5.41) is 21.9. The van der Waals surface area contributed by atoms with Crippen molar-refractivity contribution in [2.24, 2.45) is 5.92 Å². The molecule has 0 radical (unpaired) electrons. The van der Waals surface area contributed by atoms with E-state index < -0.39 is 27.2 Å². The van der Waals surface area contributed by atoms with E-state index in [4.69, 9.17) is 9.47 Å². The van der Waals surface area contributed by atoms with Gasteiger partial charge in [0, 0.05) is 18.6 Å². The lowest BCUT2D eigenvalue weighted by Gasteiger charge is -2.28. The van der Waals surface area contributed by atoms with Crippen molar-refractivity contribution < 1.29 is 24.1 Å². The standard InChI is InChI=1S/C24H28N2O7/c1-2-17-4-6-18(7-5-17)19-8-10-23(11-9-19)32-12-3-13-33-24(27)20-14-21(25(28)29)16-22(15-20)26(30)31/h8-11,14-18H,2-7,12-13H2,1H3. The van der Waals surface area contributed by atoms with Gasteiger partial charge in [-0.1, -0.05) is 25.5 Å². The normalized spacial score (nSPS) is 17.8. The first-order chi connectivity index (χ1) is 15.9.